The molecule has 22 heavy (non-hydrogen) atoms. The lowest BCUT2D eigenvalue weighted by Crippen LogP contribution is -2.42. The maximum absolute atomic E-state index is 12.2. The first-order valence-corrected chi connectivity index (χ1v) is 7.73. The van der Waals surface area contributed by atoms with E-state index in [-0.39, 0.29) is 24.4 Å². The van der Waals surface area contributed by atoms with Gasteiger partial charge in [0.25, 0.3) is 0 Å². The van der Waals surface area contributed by atoms with Gasteiger partial charge in [-0.25, -0.2) is 0 Å². The van der Waals surface area contributed by atoms with Gasteiger partial charge in [-0.3, -0.25) is 4.79 Å². The Morgan fingerprint density at radius 2 is 1.95 bits per heavy atom. The molecule has 3 rings (SSSR count). The zero-order valence-corrected chi connectivity index (χ0v) is 14.3. The van der Waals surface area contributed by atoms with Crippen LogP contribution in [0.25, 0.3) is 0 Å². The van der Waals surface area contributed by atoms with Crippen molar-refractivity contribution in [2.24, 2.45) is 0 Å². The third kappa shape index (κ3) is 3.88. The van der Waals surface area contributed by atoms with Crippen LogP contribution in [0.2, 0.25) is 0 Å². The summed E-state index contributed by atoms with van der Waals surface area (Å²) in [5, 5.41) is 3.24. The van der Waals surface area contributed by atoms with Gasteiger partial charge in [-0.15, -0.1) is 12.4 Å². The maximum Gasteiger partial charge on any atom is 0.323 e. The summed E-state index contributed by atoms with van der Waals surface area (Å²) in [6, 6.07) is 15.6. The molecule has 3 nitrogen and oxygen atoms in total. The van der Waals surface area contributed by atoms with Crippen LogP contribution in [0, 0.1) is 0 Å². The van der Waals surface area contributed by atoms with Crippen molar-refractivity contribution in [1.29, 1.82) is 0 Å². The molecule has 1 heterocycles. The Hall–Kier alpha value is -1.36. The Morgan fingerprint density at radius 3 is 2.73 bits per heavy atom. The van der Waals surface area contributed by atoms with Gasteiger partial charge in [-0.05, 0) is 29.2 Å². The molecule has 116 valence electrons. The number of carbonyl (C=O) groups excluding carboxylic acids is 1. The van der Waals surface area contributed by atoms with E-state index in [1.54, 1.807) is 0 Å². The van der Waals surface area contributed by atoms with E-state index >= 15 is 0 Å². The maximum atomic E-state index is 12.2. The molecule has 5 heteroatoms. The number of esters is 1. The molecule has 1 N–H and O–H groups in total. The molecule has 0 amide bonds. The minimum absolute atomic E-state index is 0. The number of nitrogens with one attached hydrogen (secondary N) is 1. The van der Waals surface area contributed by atoms with Crippen molar-refractivity contribution in [3.8, 4) is 0 Å². The molecular formula is C17H17BrClNO2. The number of rotatable bonds is 3. The first-order chi connectivity index (χ1) is 10.2. The smallest absolute Gasteiger partial charge is 0.323 e. The fraction of sp³-hybridized carbons (Fsp3) is 0.235. The second-order valence-electron chi connectivity index (χ2n) is 5.11. The Kier molecular flexibility index (Phi) is 6.00. The molecule has 0 saturated heterocycles. The quantitative estimate of drug-likeness (QED) is 0.824. The lowest BCUT2D eigenvalue weighted by atomic mass is 9.96. The van der Waals surface area contributed by atoms with Gasteiger partial charge in [-0.2, -0.15) is 0 Å². The molecule has 0 fully saturated rings. The van der Waals surface area contributed by atoms with E-state index in [9.17, 15) is 4.79 Å². The monoisotopic (exact) mass is 381 g/mol. The molecule has 1 atom stereocenters. The molecule has 2 aromatic rings. The van der Waals surface area contributed by atoms with Crippen LogP contribution in [0.3, 0.4) is 0 Å². The number of ether oxygens (including phenoxy) is 1. The van der Waals surface area contributed by atoms with E-state index in [4.69, 9.17) is 4.74 Å². The van der Waals surface area contributed by atoms with E-state index < -0.39 is 0 Å². The van der Waals surface area contributed by atoms with Gasteiger partial charge < -0.3 is 10.1 Å². The van der Waals surface area contributed by atoms with Gasteiger partial charge >= 0.3 is 5.97 Å². The lowest BCUT2D eigenvalue weighted by molar-refractivity contribution is -0.147. The Balaban J connectivity index is 0.00000176. The van der Waals surface area contributed by atoms with Crippen LogP contribution in [0.15, 0.2) is 53.0 Å². The van der Waals surface area contributed by atoms with Crippen LogP contribution < -0.4 is 5.32 Å². The van der Waals surface area contributed by atoms with Crippen LogP contribution in [-0.4, -0.2) is 12.0 Å². The Bertz CT molecular complexity index is 648. The Labute approximate surface area is 144 Å². The van der Waals surface area contributed by atoms with Crippen molar-refractivity contribution in [3.63, 3.8) is 0 Å². The second kappa shape index (κ2) is 7.77. The summed E-state index contributed by atoms with van der Waals surface area (Å²) in [7, 11) is 0. The molecule has 0 saturated carbocycles. The molecular weight excluding hydrogens is 366 g/mol. The van der Waals surface area contributed by atoms with Crippen molar-refractivity contribution in [3.05, 3.63) is 69.7 Å². The van der Waals surface area contributed by atoms with Gasteiger partial charge in [-0.1, -0.05) is 58.4 Å². The summed E-state index contributed by atoms with van der Waals surface area (Å²) >= 11 is 3.55. The third-order valence-electron chi connectivity index (χ3n) is 3.67. The summed E-state index contributed by atoms with van der Waals surface area (Å²) in [6.45, 7) is 1.01. The van der Waals surface area contributed by atoms with Crippen molar-refractivity contribution in [2.75, 3.05) is 0 Å². The molecule has 0 spiro atoms. The fourth-order valence-electron chi connectivity index (χ4n) is 2.50. The van der Waals surface area contributed by atoms with Gasteiger partial charge in [0.05, 0.1) is 0 Å². The topological polar surface area (TPSA) is 38.3 Å². The van der Waals surface area contributed by atoms with E-state index in [0.717, 1.165) is 10.0 Å². The van der Waals surface area contributed by atoms with Crippen molar-refractivity contribution in [1.82, 2.24) is 5.32 Å². The summed E-state index contributed by atoms with van der Waals surface area (Å²) in [5.74, 6) is -0.194. The largest absolute Gasteiger partial charge is 0.460 e. The summed E-state index contributed by atoms with van der Waals surface area (Å²) in [4.78, 5) is 12.2. The van der Waals surface area contributed by atoms with Crippen LogP contribution in [-0.2, 0) is 29.1 Å². The van der Waals surface area contributed by atoms with Crippen LogP contribution in [0.5, 0.6) is 0 Å². The number of halogens is 2. The molecule has 1 unspecified atom stereocenters. The summed E-state index contributed by atoms with van der Waals surface area (Å²) in [6.07, 6.45) is 0.657. The summed E-state index contributed by atoms with van der Waals surface area (Å²) < 4.78 is 6.46. The molecule has 1 aliphatic rings. The molecule has 0 radical (unpaired) electrons. The summed E-state index contributed by atoms with van der Waals surface area (Å²) in [5.41, 5.74) is 3.43. The zero-order valence-electron chi connectivity index (χ0n) is 11.9. The number of carbonyl (C=O) groups is 1. The average molecular weight is 383 g/mol. The van der Waals surface area contributed by atoms with E-state index in [2.05, 4.69) is 27.3 Å². The number of benzene rings is 2. The SMILES string of the molecule is Cl.O=C(OCc1ccccc1)C1Cc2c(Br)cccc2CN1. The van der Waals surface area contributed by atoms with Gasteiger partial charge in [0.2, 0.25) is 0 Å². The third-order valence-corrected chi connectivity index (χ3v) is 4.41. The minimum Gasteiger partial charge on any atom is -0.460 e. The highest BCUT2D eigenvalue weighted by atomic mass is 79.9. The minimum atomic E-state index is -0.278. The zero-order chi connectivity index (χ0) is 14.7. The first-order valence-electron chi connectivity index (χ1n) is 6.94. The fourth-order valence-corrected chi connectivity index (χ4v) is 3.07. The van der Waals surface area contributed by atoms with E-state index in [1.165, 1.54) is 11.1 Å². The standard InChI is InChI=1S/C17H16BrNO2.ClH/c18-15-8-4-7-13-10-19-16(9-14(13)15)17(20)21-11-12-5-2-1-3-6-12;/h1-8,16,19H,9-11H2;1H. The van der Waals surface area contributed by atoms with Crippen LogP contribution in [0.4, 0.5) is 0 Å². The lowest BCUT2D eigenvalue weighted by Gasteiger charge is -2.25. The Morgan fingerprint density at radius 1 is 1.18 bits per heavy atom. The van der Waals surface area contributed by atoms with E-state index in [1.807, 2.05) is 42.5 Å². The first kappa shape index (κ1) is 17.0. The highest BCUT2D eigenvalue weighted by Crippen LogP contribution is 2.25. The predicted octanol–water partition coefficient (Wildman–Crippen LogP) is 3.63. The van der Waals surface area contributed by atoms with E-state index in [0.29, 0.717) is 19.6 Å². The highest BCUT2D eigenvalue weighted by Gasteiger charge is 2.26. The molecule has 0 aliphatic carbocycles. The van der Waals surface area contributed by atoms with Crippen molar-refractivity contribution in [2.45, 2.75) is 25.6 Å². The number of hydrogen-bond donors (Lipinski definition) is 1. The highest BCUT2D eigenvalue weighted by molar-refractivity contribution is 9.10. The van der Waals surface area contributed by atoms with Crippen molar-refractivity contribution < 1.29 is 9.53 Å². The number of fused-ring (bicyclic) bond motifs is 1. The normalized spacial score (nSPS) is 16.3. The van der Waals surface area contributed by atoms with Crippen LogP contribution in [0.1, 0.15) is 16.7 Å². The van der Waals surface area contributed by atoms with Gasteiger partial charge in [0.1, 0.15) is 12.6 Å². The molecule has 2 aromatic carbocycles. The second-order valence-corrected chi connectivity index (χ2v) is 5.96. The van der Waals surface area contributed by atoms with Gasteiger partial charge in [0.15, 0.2) is 0 Å². The molecule has 0 aromatic heterocycles. The number of hydrogen-bond acceptors (Lipinski definition) is 3. The average Bonchev–Trinajstić information content (AvgIpc) is 2.54. The molecule has 0 bridgehead atoms. The van der Waals surface area contributed by atoms with Crippen molar-refractivity contribution >= 4 is 34.3 Å². The van der Waals surface area contributed by atoms with Gasteiger partial charge in [0, 0.05) is 11.0 Å². The molecule has 1 aliphatic heterocycles. The predicted molar refractivity (Wildman–Crippen MR) is 92.0 cm³/mol. The van der Waals surface area contributed by atoms with Crippen LogP contribution >= 0.6 is 28.3 Å².